The lowest BCUT2D eigenvalue weighted by Gasteiger charge is -2.39. The molecule has 7 nitrogen and oxygen atoms in total. The first kappa shape index (κ1) is 16.3. The molecule has 1 spiro atoms. The van der Waals surface area contributed by atoms with E-state index in [0.717, 1.165) is 32.5 Å². The number of carbonyl (C=O) groups excluding carboxylic acids is 2. The van der Waals surface area contributed by atoms with Gasteiger partial charge in [0.2, 0.25) is 16.9 Å². The summed E-state index contributed by atoms with van der Waals surface area (Å²) in [6.45, 7) is 3.97. The van der Waals surface area contributed by atoms with Crippen LogP contribution < -0.4 is 5.32 Å². The number of nitrogens with one attached hydrogen (secondary N) is 1. The lowest BCUT2D eigenvalue weighted by atomic mass is 9.77. The zero-order valence-electron chi connectivity index (χ0n) is 13.5. The van der Waals surface area contributed by atoms with E-state index in [0.29, 0.717) is 10.5 Å². The Balaban J connectivity index is 1.40. The van der Waals surface area contributed by atoms with Crippen LogP contribution in [0.1, 0.15) is 32.1 Å². The molecule has 2 aliphatic rings. The van der Waals surface area contributed by atoms with Gasteiger partial charge in [-0.2, -0.15) is 0 Å². The average Bonchev–Trinajstić information content (AvgIpc) is 3.16. The van der Waals surface area contributed by atoms with E-state index < -0.39 is 0 Å². The third-order valence-electron chi connectivity index (χ3n) is 4.98. The number of carbonyl (C=O) groups is 2. The van der Waals surface area contributed by atoms with Gasteiger partial charge in [0, 0.05) is 32.5 Å². The molecule has 126 valence electrons. The fourth-order valence-corrected chi connectivity index (χ4v) is 4.05. The summed E-state index contributed by atoms with van der Waals surface area (Å²) >= 11 is 1.27. The Morgan fingerprint density at radius 1 is 1.26 bits per heavy atom. The van der Waals surface area contributed by atoms with Crippen molar-refractivity contribution in [1.29, 1.82) is 0 Å². The Labute approximate surface area is 140 Å². The smallest absolute Gasteiger partial charge is 0.226 e. The van der Waals surface area contributed by atoms with Gasteiger partial charge in [0.1, 0.15) is 5.51 Å². The number of amides is 2. The largest absolute Gasteiger partial charge is 0.343 e. The Morgan fingerprint density at radius 2 is 2.00 bits per heavy atom. The van der Waals surface area contributed by atoms with Crippen LogP contribution in [-0.2, 0) is 9.59 Å². The molecule has 0 aromatic carbocycles. The van der Waals surface area contributed by atoms with Gasteiger partial charge in [-0.1, -0.05) is 11.3 Å². The van der Waals surface area contributed by atoms with Crippen molar-refractivity contribution in [1.82, 2.24) is 20.0 Å². The molecule has 2 saturated heterocycles. The second kappa shape index (κ2) is 6.92. The molecule has 0 aliphatic carbocycles. The molecule has 0 atom stereocenters. The third kappa shape index (κ3) is 4.06. The van der Waals surface area contributed by atoms with Gasteiger partial charge >= 0.3 is 0 Å². The van der Waals surface area contributed by atoms with Crippen LogP contribution >= 0.6 is 11.3 Å². The van der Waals surface area contributed by atoms with Gasteiger partial charge in [-0.25, -0.2) is 0 Å². The summed E-state index contributed by atoms with van der Waals surface area (Å²) in [5, 5.41) is 10.6. The molecule has 0 bridgehead atoms. The number of hydrogen-bond acceptors (Lipinski definition) is 6. The van der Waals surface area contributed by atoms with Gasteiger partial charge in [0.25, 0.3) is 0 Å². The first-order chi connectivity index (χ1) is 11.1. The van der Waals surface area contributed by atoms with Crippen LogP contribution in [-0.4, -0.2) is 65.0 Å². The first-order valence-corrected chi connectivity index (χ1v) is 8.97. The molecule has 2 fully saturated rings. The van der Waals surface area contributed by atoms with Crippen LogP contribution in [0.4, 0.5) is 5.13 Å². The molecular formula is C15H23N5O2S. The topological polar surface area (TPSA) is 78.4 Å². The van der Waals surface area contributed by atoms with Crippen molar-refractivity contribution in [3.63, 3.8) is 0 Å². The molecule has 8 heteroatoms. The standard InChI is InChI=1S/C15H23N5O2S/c1-19-7-4-15(10-19)5-8-20(9-6-15)13(22)3-2-12(21)17-14-18-16-11-23-14/h11H,2-10H2,1H3,(H,17,18,21). The van der Waals surface area contributed by atoms with Crippen LogP contribution in [0.5, 0.6) is 0 Å². The summed E-state index contributed by atoms with van der Waals surface area (Å²) in [5.74, 6) is -0.0976. The highest BCUT2D eigenvalue weighted by Gasteiger charge is 2.40. The monoisotopic (exact) mass is 337 g/mol. The van der Waals surface area contributed by atoms with Crippen molar-refractivity contribution < 1.29 is 9.59 Å². The highest BCUT2D eigenvalue weighted by molar-refractivity contribution is 7.13. The summed E-state index contributed by atoms with van der Waals surface area (Å²) in [7, 11) is 2.17. The maximum absolute atomic E-state index is 12.3. The summed E-state index contributed by atoms with van der Waals surface area (Å²) < 4.78 is 0. The minimum absolute atomic E-state index is 0.0821. The maximum Gasteiger partial charge on any atom is 0.226 e. The van der Waals surface area contributed by atoms with Crippen LogP contribution in [0.15, 0.2) is 5.51 Å². The van der Waals surface area contributed by atoms with Crippen LogP contribution in [0.25, 0.3) is 0 Å². The number of aromatic nitrogens is 2. The fraction of sp³-hybridized carbons (Fsp3) is 0.733. The highest BCUT2D eigenvalue weighted by Crippen LogP contribution is 2.39. The van der Waals surface area contributed by atoms with Crippen LogP contribution in [0.3, 0.4) is 0 Å². The molecule has 2 aliphatic heterocycles. The molecule has 1 aromatic heterocycles. The van der Waals surface area contributed by atoms with Crippen molar-refractivity contribution in [2.45, 2.75) is 32.1 Å². The second-order valence-electron chi connectivity index (χ2n) is 6.66. The van der Waals surface area contributed by atoms with Crippen molar-refractivity contribution >= 4 is 28.3 Å². The van der Waals surface area contributed by atoms with Gasteiger partial charge in [-0.05, 0) is 38.3 Å². The summed E-state index contributed by atoms with van der Waals surface area (Å²) in [5.41, 5.74) is 1.98. The zero-order chi connectivity index (χ0) is 16.3. The van der Waals surface area contributed by atoms with Crippen molar-refractivity contribution in [2.75, 3.05) is 38.5 Å². The highest BCUT2D eigenvalue weighted by atomic mass is 32.1. The predicted octanol–water partition coefficient (Wildman–Crippen LogP) is 1.20. The molecule has 0 unspecified atom stereocenters. The van der Waals surface area contributed by atoms with E-state index in [4.69, 9.17) is 0 Å². The van der Waals surface area contributed by atoms with E-state index in [9.17, 15) is 9.59 Å². The third-order valence-corrected chi connectivity index (χ3v) is 5.58. The number of anilines is 1. The summed E-state index contributed by atoms with van der Waals surface area (Å²) in [6.07, 6.45) is 3.87. The molecule has 0 saturated carbocycles. The number of hydrogen-bond donors (Lipinski definition) is 1. The minimum Gasteiger partial charge on any atom is -0.343 e. The Kier molecular flexibility index (Phi) is 4.91. The normalized spacial score (nSPS) is 20.8. The van der Waals surface area contributed by atoms with Crippen LogP contribution in [0, 0.1) is 5.41 Å². The van der Waals surface area contributed by atoms with Crippen molar-refractivity contribution in [3.8, 4) is 0 Å². The van der Waals surface area contributed by atoms with Gasteiger partial charge in [-0.3, -0.25) is 9.59 Å². The van der Waals surface area contributed by atoms with E-state index in [1.165, 1.54) is 24.3 Å². The SMILES string of the molecule is CN1CCC2(CCN(C(=O)CCC(=O)Nc3nncs3)CC2)C1. The number of nitrogens with zero attached hydrogens (tertiary/aromatic N) is 4. The molecule has 1 N–H and O–H groups in total. The predicted molar refractivity (Wildman–Crippen MR) is 88.1 cm³/mol. The quantitative estimate of drug-likeness (QED) is 0.893. The van der Waals surface area contributed by atoms with Gasteiger partial charge in [-0.15, -0.1) is 10.2 Å². The number of rotatable bonds is 4. The minimum atomic E-state index is -0.180. The van der Waals surface area contributed by atoms with E-state index in [1.54, 1.807) is 5.51 Å². The van der Waals surface area contributed by atoms with E-state index in [2.05, 4.69) is 27.5 Å². The zero-order valence-corrected chi connectivity index (χ0v) is 14.3. The lowest BCUT2D eigenvalue weighted by molar-refractivity contribution is -0.134. The Bertz CT molecular complexity index is 554. The molecule has 1 aromatic rings. The Hall–Kier alpha value is -1.54. The lowest BCUT2D eigenvalue weighted by Crippen LogP contribution is -2.44. The van der Waals surface area contributed by atoms with Gasteiger partial charge < -0.3 is 15.1 Å². The van der Waals surface area contributed by atoms with Gasteiger partial charge in [0.05, 0.1) is 0 Å². The fourth-order valence-electron chi connectivity index (χ4n) is 3.59. The van der Waals surface area contributed by atoms with E-state index in [-0.39, 0.29) is 24.7 Å². The van der Waals surface area contributed by atoms with Gasteiger partial charge in [0.15, 0.2) is 0 Å². The molecule has 3 heterocycles. The van der Waals surface area contributed by atoms with E-state index >= 15 is 0 Å². The average molecular weight is 337 g/mol. The number of likely N-dealkylation sites (tertiary alicyclic amines) is 2. The maximum atomic E-state index is 12.3. The molecular weight excluding hydrogens is 314 g/mol. The van der Waals surface area contributed by atoms with Crippen molar-refractivity contribution in [3.05, 3.63) is 5.51 Å². The molecule has 23 heavy (non-hydrogen) atoms. The molecule has 2 amide bonds. The summed E-state index contributed by atoms with van der Waals surface area (Å²) in [4.78, 5) is 28.4. The van der Waals surface area contributed by atoms with Crippen LogP contribution in [0.2, 0.25) is 0 Å². The van der Waals surface area contributed by atoms with Crippen molar-refractivity contribution in [2.24, 2.45) is 5.41 Å². The molecule has 3 rings (SSSR count). The molecule has 0 radical (unpaired) electrons. The number of piperidine rings is 1. The summed E-state index contributed by atoms with van der Waals surface area (Å²) in [6, 6.07) is 0. The second-order valence-corrected chi connectivity index (χ2v) is 7.49. The van der Waals surface area contributed by atoms with E-state index in [1.807, 2.05) is 4.90 Å². The first-order valence-electron chi connectivity index (χ1n) is 8.09. The Morgan fingerprint density at radius 3 is 2.61 bits per heavy atom.